The van der Waals surface area contributed by atoms with Crippen LogP contribution in [-0.2, 0) is 13.0 Å². The fourth-order valence-electron chi connectivity index (χ4n) is 5.20. The summed E-state index contributed by atoms with van der Waals surface area (Å²) in [4.78, 5) is 12.1. The molecule has 0 unspecified atom stereocenters. The van der Waals surface area contributed by atoms with E-state index in [2.05, 4.69) is 83.9 Å². The highest BCUT2D eigenvalue weighted by Gasteiger charge is 2.31. The second-order valence-corrected chi connectivity index (χ2v) is 10.1. The Morgan fingerprint density at radius 1 is 1.14 bits per heavy atom. The van der Waals surface area contributed by atoms with Gasteiger partial charge in [-0.25, -0.2) is 10.8 Å². The van der Waals surface area contributed by atoms with E-state index < -0.39 is 0 Å². The first kappa shape index (κ1) is 24.6. The molecule has 3 aromatic rings. The Hall–Kier alpha value is -4.06. The molecule has 188 valence electrons. The van der Waals surface area contributed by atoms with Gasteiger partial charge in [-0.2, -0.15) is 10.4 Å². The summed E-state index contributed by atoms with van der Waals surface area (Å²) in [6.07, 6.45) is 0.888. The Labute approximate surface area is 217 Å². The van der Waals surface area contributed by atoms with Gasteiger partial charge in [-0.15, -0.1) is 0 Å². The van der Waals surface area contributed by atoms with Crippen molar-refractivity contribution in [2.75, 3.05) is 19.6 Å². The summed E-state index contributed by atoms with van der Waals surface area (Å²) in [5, 5.41) is 15.8. The van der Waals surface area contributed by atoms with Crippen LogP contribution in [0.1, 0.15) is 41.7 Å². The third-order valence-corrected chi connectivity index (χ3v) is 7.09. The Balaban J connectivity index is 1.38. The number of fused-ring (bicyclic) bond motifs is 1. The molecule has 2 aliphatic rings. The first-order valence-corrected chi connectivity index (χ1v) is 12.6. The van der Waals surface area contributed by atoms with E-state index in [1.807, 2.05) is 6.07 Å². The minimum atomic E-state index is 0.238. The Morgan fingerprint density at radius 3 is 2.59 bits per heavy atom. The van der Waals surface area contributed by atoms with Crippen molar-refractivity contribution in [2.24, 2.45) is 38.6 Å². The summed E-state index contributed by atoms with van der Waals surface area (Å²) >= 11 is 0. The fraction of sp³-hybridized carbons (Fsp3) is 0.310. The maximum atomic E-state index is 9.68. The molecule has 5 rings (SSSR count). The Bertz CT molecular complexity index is 1450. The third kappa shape index (κ3) is 4.96. The van der Waals surface area contributed by atoms with Crippen molar-refractivity contribution in [3.05, 3.63) is 82.4 Å². The average molecular weight is 493 g/mol. The number of rotatable bonds is 7. The molecule has 0 saturated carbocycles. The number of hydrogen-bond donors (Lipinski definition) is 3. The maximum absolute atomic E-state index is 9.68. The van der Waals surface area contributed by atoms with Crippen LogP contribution in [-0.4, -0.2) is 41.9 Å². The zero-order chi connectivity index (χ0) is 25.9. The minimum absolute atomic E-state index is 0.238. The molecule has 0 amide bonds. The number of likely N-dealkylation sites (tertiary alicyclic amines) is 1. The summed E-state index contributed by atoms with van der Waals surface area (Å²) < 4.78 is 0. The molecule has 5 N–H and O–H groups in total. The van der Waals surface area contributed by atoms with Gasteiger partial charge in [0.2, 0.25) is 0 Å². The molecule has 0 bridgehead atoms. The number of amidine groups is 2. The van der Waals surface area contributed by atoms with Crippen LogP contribution in [0, 0.1) is 23.2 Å². The number of nitrogens with one attached hydrogen (secondary N) is 1. The fourth-order valence-corrected chi connectivity index (χ4v) is 5.20. The van der Waals surface area contributed by atoms with Crippen molar-refractivity contribution in [1.82, 2.24) is 10.3 Å². The number of nitrogens with zero attached hydrogens (tertiary/aromatic N) is 5. The molecule has 8 heteroatoms. The number of nitrogens with two attached hydrogens (primary N) is 2. The molecule has 1 fully saturated rings. The van der Waals surface area contributed by atoms with Gasteiger partial charge in [0, 0.05) is 31.1 Å². The van der Waals surface area contributed by atoms with E-state index in [1.165, 1.54) is 10.9 Å². The van der Waals surface area contributed by atoms with E-state index in [4.69, 9.17) is 21.7 Å². The Morgan fingerprint density at radius 2 is 1.89 bits per heavy atom. The van der Waals surface area contributed by atoms with E-state index in [1.54, 1.807) is 0 Å². The number of nitriles is 1. The zero-order valence-electron chi connectivity index (χ0n) is 21.3. The molecule has 37 heavy (non-hydrogen) atoms. The van der Waals surface area contributed by atoms with Gasteiger partial charge < -0.3 is 11.3 Å². The molecule has 3 aromatic carbocycles. The van der Waals surface area contributed by atoms with Crippen molar-refractivity contribution in [1.29, 1.82) is 5.26 Å². The lowest BCUT2D eigenvalue weighted by molar-refractivity contribution is 0.132. The van der Waals surface area contributed by atoms with Crippen LogP contribution >= 0.6 is 0 Å². The normalized spacial score (nSPS) is 16.5. The molecule has 0 spiro atoms. The third-order valence-electron chi connectivity index (χ3n) is 7.09. The van der Waals surface area contributed by atoms with Gasteiger partial charge in [0.1, 0.15) is 5.84 Å². The van der Waals surface area contributed by atoms with Crippen LogP contribution in [0.2, 0.25) is 0 Å². The SMILES string of the molecule is CC(C)Cc1ccc(C2=NC(c3ccc(CN4CC(/C(=N/N)NN)C4)c4ccccc34)=NC2)cc1C#N. The van der Waals surface area contributed by atoms with Gasteiger partial charge in [0.05, 0.1) is 23.9 Å². The van der Waals surface area contributed by atoms with E-state index in [-0.39, 0.29) is 5.92 Å². The lowest BCUT2D eigenvalue weighted by Gasteiger charge is -2.39. The molecular formula is C29H32N8. The number of benzene rings is 3. The van der Waals surface area contributed by atoms with E-state index >= 15 is 0 Å². The summed E-state index contributed by atoms with van der Waals surface area (Å²) in [6.45, 7) is 7.39. The second kappa shape index (κ2) is 10.5. The van der Waals surface area contributed by atoms with Crippen molar-refractivity contribution in [3.63, 3.8) is 0 Å². The van der Waals surface area contributed by atoms with E-state index in [9.17, 15) is 5.26 Å². The molecule has 0 atom stereocenters. The van der Waals surface area contributed by atoms with Gasteiger partial charge in [-0.1, -0.05) is 62.4 Å². The predicted octanol–water partition coefficient (Wildman–Crippen LogP) is 3.33. The lowest BCUT2D eigenvalue weighted by atomic mass is 9.95. The summed E-state index contributed by atoms with van der Waals surface area (Å²) in [5.41, 5.74) is 8.54. The van der Waals surface area contributed by atoms with Crippen LogP contribution in [0.3, 0.4) is 0 Å². The lowest BCUT2D eigenvalue weighted by Crippen LogP contribution is -2.54. The number of hydrazone groups is 1. The highest BCUT2D eigenvalue weighted by Crippen LogP contribution is 2.28. The molecule has 8 nitrogen and oxygen atoms in total. The van der Waals surface area contributed by atoms with E-state index in [0.29, 0.717) is 18.3 Å². The van der Waals surface area contributed by atoms with Gasteiger partial charge in [-0.05, 0) is 45.9 Å². The molecule has 1 saturated heterocycles. The van der Waals surface area contributed by atoms with Crippen LogP contribution in [0.4, 0.5) is 0 Å². The molecule has 2 aliphatic heterocycles. The average Bonchev–Trinajstić information content (AvgIpc) is 3.37. The highest BCUT2D eigenvalue weighted by atomic mass is 15.3. The first-order chi connectivity index (χ1) is 18.0. The molecule has 0 aliphatic carbocycles. The van der Waals surface area contributed by atoms with Crippen LogP contribution in [0.15, 0.2) is 69.7 Å². The maximum Gasteiger partial charge on any atom is 0.155 e. The standard InChI is InChI=1S/C29H32N8/c1-18(2)11-19-7-8-20(12-22(19)13-30)27-14-33-29(34-27)26-10-9-21(24-5-3-4-6-25(24)26)15-37-16-23(17-37)28(35-31)36-32/h3-10,12,18,23H,11,14-17,31-32H2,1-2H3,(H,35,36). The monoisotopic (exact) mass is 492 g/mol. The molecule has 0 aromatic heterocycles. The van der Waals surface area contributed by atoms with Crippen LogP contribution in [0.5, 0.6) is 0 Å². The number of aliphatic imine (C=N–C) groups is 2. The van der Waals surface area contributed by atoms with Gasteiger partial charge in [0.25, 0.3) is 0 Å². The second-order valence-electron chi connectivity index (χ2n) is 10.1. The largest absolute Gasteiger partial charge is 0.322 e. The topological polar surface area (TPSA) is 128 Å². The van der Waals surface area contributed by atoms with E-state index in [0.717, 1.165) is 65.2 Å². The molecular weight excluding hydrogens is 460 g/mol. The highest BCUT2D eigenvalue weighted by molar-refractivity contribution is 6.21. The first-order valence-electron chi connectivity index (χ1n) is 12.6. The van der Waals surface area contributed by atoms with Gasteiger partial charge in [0.15, 0.2) is 5.84 Å². The van der Waals surface area contributed by atoms with Crippen molar-refractivity contribution in [3.8, 4) is 6.07 Å². The zero-order valence-corrected chi connectivity index (χ0v) is 21.3. The number of hydrazine groups is 1. The summed E-state index contributed by atoms with van der Waals surface area (Å²) in [5.74, 6) is 13.0. The smallest absolute Gasteiger partial charge is 0.155 e. The number of hydrogen-bond acceptors (Lipinski definition) is 7. The molecule has 2 heterocycles. The van der Waals surface area contributed by atoms with Gasteiger partial charge >= 0.3 is 0 Å². The van der Waals surface area contributed by atoms with Crippen molar-refractivity contribution in [2.45, 2.75) is 26.8 Å². The molecule has 0 radical (unpaired) electrons. The van der Waals surface area contributed by atoms with Crippen molar-refractivity contribution >= 4 is 28.2 Å². The predicted molar refractivity (Wildman–Crippen MR) is 149 cm³/mol. The Kier molecular flexibility index (Phi) is 6.99. The van der Waals surface area contributed by atoms with Crippen LogP contribution < -0.4 is 17.1 Å². The van der Waals surface area contributed by atoms with Crippen LogP contribution in [0.25, 0.3) is 10.8 Å². The van der Waals surface area contributed by atoms with Crippen molar-refractivity contribution < 1.29 is 0 Å². The summed E-state index contributed by atoms with van der Waals surface area (Å²) in [7, 11) is 0. The van der Waals surface area contributed by atoms with Gasteiger partial charge in [-0.3, -0.25) is 9.89 Å². The minimum Gasteiger partial charge on any atom is -0.322 e. The summed E-state index contributed by atoms with van der Waals surface area (Å²) in [6, 6.07) is 21.2. The quantitative estimate of drug-likeness (QED) is 0.202.